The molecule has 0 aromatic heterocycles. The van der Waals surface area contributed by atoms with E-state index in [0.29, 0.717) is 13.1 Å². The third kappa shape index (κ3) is 5.04. The average molecular weight is 276 g/mol. The van der Waals surface area contributed by atoms with Gasteiger partial charge in [0.2, 0.25) is 0 Å². The van der Waals surface area contributed by atoms with Crippen LogP contribution in [0.5, 0.6) is 0 Å². The van der Waals surface area contributed by atoms with Crippen LogP contribution in [0.1, 0.15) is 46.5 Å². The topological polar surface area (TPSA) is 75.6 Å². The maximum atomic E-state index is 12.0. The van der Waals surface area contributed by atoms with Crippen molar-refractivity contribution in [3.05, 3.63) is 0 Å². The SMILES string of the molecule is CC(C)(C)[S+]([O-])NC1CCCCN(C(=O)O)CC1. The van der Waals surface area contributed by atoms with E-state index in [9.17, 15) is 9.35 Å². The number of carboxylic acid groups (broad SMARTS) is 1. The van der Waals surface area contributed by atoms with Gasteiger partial charge in [-0.25, -0.2) is 4.79 Å². The largest absolute Gasteiger partial charge is 0.598 e. The van der Waals surface area contributed by atoms with Crippen molar-refractivity contribution in [2.45, 2.75) is 57.2 Å². The minimum Gasteiger partial charge on any atom is -0.598 e. The molecular formula is C12H24N2O3S. The smallest absolute Gasteiger partial charge is 0.407 e. The van der Waals surface area contributed by atoms with Gasteiger partial charge in [-0.1, -0.05) is 0 Å². The Morgan fingerprint density at radius 3 is 2.56 bits per heavy atom. The molecule has 2 unspecified atom stereocenters. The van der Waals surface area contributed by atoms with Crippen LogP contribution in [0.25, 0.3) is 0 Å². The van der Waals surface area contributed by atoms with E-state index in [2.05, 4.69) is 4.72 Å². The first-order valence-corrected chi connectivity index (χ1v) is 7.61. The van der Waals surface area contributed by atoms with Gasteiger partial charge in [-0.15, -0.1) is 4.72 Å². The molecule has 1 rings (SSSR count). The van der Waals surface area contributed by atoms with Gasteiger partial charge < -0.3 is 14.6 Å². The van der Waals surface area contributed by atoms with Gasteiger partial charge in [0.15, 0.2) is 0 Å². The van der Waals surface area contributed by atoms with Crippen molar-refractivity contribution in [3.8, 4) is 0 Å². The second-order valence-electron chi connectivity index (χ2n) is 5.75. The highest BCUT2D eigenvalue weighted by molar-refractivity contribution is 7.90. The van der Waals surface area contributed by atoms with Crippen LogP contribution in [-0.4, -0.2) is 44.5 Å². The van der Waals surface area contributed by atoms with E-state index in [0.717, 1.165) is 25.7 Å². The Labute approximate surface area is 112 Å². The molecule has 1 amide bonds. The number of carbonyl (C=O) groups is 1. The third-order valence-electron chi connectivity index (χ3n) is 3.08. The predicted molar refractivity (Wildman–Crippen MR) is 72.9 cm³/mol. The standard InChI is InChI=1S/C12H24N2O3S/c1-12(2,3)18(17)13-10-6-4-5-8-14(9-7-10)11(15)16/h10,13H,4-9H2,1-3H3,(H,15,16). The Morgan fingerprint density at radius 1 is 1.33 bits per heavy atom. The van der Waals surface area contributed by atoms with E-state index in [1.165, 1.54) is 4.90 Å². The highest BCUT2D eigenvalue weighted by Gasteiger charge is 2.30. The van der Waals surface area contributed by atoms with Crippen LogP contribution in [0.3, 0.4) is 0 Å². The summed E-state index contributed by atoms with van der Waals surface area (Å²) in [5, 5.41) is 9.00. The molecule has 0 spiro atoms. The van der Waals surface area contributed by atoms with Gasteiger partial charge in [-0.3, -0.25) is 0 Å². The minimum absolute atomic E-state index is 0.146. The number of hydrogen-bond donors (Lipinski definition) is 2. The number of amides is 1. The van der Waals surface area contributed by atoms with E-state index in [-0.39, 0.29) is 10.8 Å². The van der Waals surface area contributed by atoms with Gasteiger partial charge in [-0.2, -0.15) is 0 Å². The maximum absolute atomic E-state index is 12.0. The van der Waals surface area contributed by atoms with Gasteiger partial charge in [0.25, 0.3) is 0 Å². The Morgan fingerprint density at radius 2 is 2.00 bits per heavy atom. The second-order valence-corrected chi connectivity index (χ2v) is 7.75. The lowest BCUT2D eigenvalue weighted by molar-refractivity contribution is 0.139. The van der Waals surface area contributed by atoms with Crippen LogP contribution in [0.4, 0.5) is 4.79 Å². The molecular weight excluding hydrogens is 252 g/mol. The van der Waals surface area contributed by atoms with E-state index < -0.39 is 17.5 Å². The molecule has 0 aliphatic carbocycles. The van der Waals surface area contributed by atoms with E-state index in [1.54, 1.807) is 0 Å². The minimum atomic E-state index is -1.09. The van der Waals surface area contributed by atoms with Crippen LogP contribution in [0.2, 0.25) is 0 Å². The summed E-state index contributed by atoms with van der Waals surface area (Å²) in [5.41, 5.74) is 0. The fraction of sp³-hybridized carbons (Fsp3) is 0.917. The number of rotatable bonds is 2. The molecule has 1 aliphatic rings. The zero-order valence-corrected chi connectivity index (χ0v) is 12.3. The summed E-state index contributed by atoms with van der Waals surface area (Å²) in [6.45, 7) is 6.94. The number of likely N-dealkylation sites (tertiary alicyclic amines) is 1. The predicted octanol–water partition coefficient (Wildman–Crippen LogP) is 1.96. The van der Waals surface area contributed by atoms with E-state index in [1.807, 2.05) is 20.8 Å². The Hall–Kier alpha value is -0.460. The van der Waals surface area contributed by atoms with Gasteiger partial charge in [0.1, 0.15) is 4.75 Å². The molecule has 0 saturated carbocycles. The Bertz CT molecular complexity index is 281. The average Bonchev–Trinajstić information content (AvgIpc) is 2.20. The van der Waals surface area contributed by atoms with Crippen molar-refractivity contribution in [2.24, 2.45) is 0 Å². The molecule has 1 fully saturated rings. The number of nitrogens with one attached hydrogen (secondary N) is 1. The summed E-state index contributed by atoms with van der Waals surface area (Å²) in [6.07, 6.45) is 2.70. The summed E-state index contributed by atoms with van der Waals surface area (Å²) in [7, 11) is 0. The molecule has 0 bridgehead atoms. The molecule has 1 heterocycles. The van der Waals surface area contributed by atoms with Crippen molar-refractivity contribution in [2.75, 3.05) is 13.1 Å². The maximum Gasteiger partial charge on any atom is 0.407 e. The highest BCUT2D eigenvalue weighted by atomic mass is 32.2. The molecule has 0 radical (unpaired) electrons. The zero-order valence-electron chi connectivity index (χ0n) is 11.4. The van der Waals surface area contributed by atoms with E-state index in [4.69, 9.17) is 5.11 Å². The first-order valence-electron chi connectivity index (χ1n) is 6.46. The first kappa shape index (κ1) is 15.6. The zero-order chi connectivity index (χ0) is 13.8. The molecule has 106 valence electrons. The molecule has 18 heavy (non-hydrogen) atoms. The normalized spacial score (nSPS) is 24.2. The third-order valence-corrected chi connectivity index (χ3v) is 4.74. The molecule has 1 aliphatic heterocycles. The fourth-order valence-corrected chi connectivity index (χ4v) is 2.79. The molecule has 1 saturated heterocycles. The van der Waals surface area contributed by atoms with Crippen LogP contribution >= 0.6 is 0 Å². The molecule has 2 atom stereocenters. The summed E-state index contributed by atoms with van der Waals surface area (Å²) < 4.78 is 14.9. The Balaban J connectivity index is 2.48. The van der Waals surface area contributed by atoms with E-state index >= 15 is 0 Å². The lowest BCUT2D eigenvalue weighted by Crippen LogP contribution is -2.46. The van der Waals surface area contributed by atoms with Crippen LogP contribution in [-0.2, 0) is 11.4 Å². The summed E-state index contributed by atoms with van der Waals surface area (Å²) in [5.74, 6) is 0. The Kier molecular flexibility index (Phi) is 5.75. The quantitative estimate of drug-likeness (QED) is 0.756. The van der Waals surface area contributed by atoms with Crippen molar-refractivity contribution in [1.29, 1.82) is 0 Å². The number of nitrogens with zero attached hydrogens (tertiary/aromatic N) is 1. The summed E-state index contributed by atoms with van der Waals surface area (Å²) >= 11 is -1.09. The van der Waals surface area contributed by atoms with Crippen LogP contribution < -0.4 is 4.72 Å². The van der Waals surface area contributed by atoms with Gasteiger partial charge in [-0.05, 0) is 46.5 Å². The van der Waals surface area contributed by atoms with Crippen molar-refractivity contribution < 1.29 is 14.5 Å². The second kappa shape index (κ2) is 6.63. The lowest BCUT2D eigenvalue weighted by Gasteiger charge is -2.30. The number of hydrogen-bond acceptors (Lipinski definition) is 3. The van der Waals surface area contributed by atoms with Gasteiger partial charge >= 0.3 is 6.09 Å². The summed E-state index contributed by atoms with van der Waals surface area (Å²) in [4.78, 5) is 12.4. The van der Waals surface area contributed by atoms with Crippen LogP contribution in [0.15, 0.2) is 0 Å². The van der Waals surface area contributed by atoms with Crippen molar-refractivity contribution in [3.63, 3.8) is 0 Å². The summed E-state index contributed by atoms with van der Waals surface area (Å²) in [6, 6.07) is 0.146. The molecule has 0 aromatic carbocycles. The highest BCUT2D eigenvalue weighted by Crippen LogP contribution is 2.18. The molecule has 6 heteroatoms. The van der Waals surface area contributed by atoms with Gasteiger partial charge in [0, 0.05) is 24.5 Å². The fourth-order valence-electron chi connectivity index (χ4n) is 1.90. The lowest BCUT2D eigenvalue weighted by atomic mass is 10.0. The van der Waals surface area contributed by atoms with Crippen molar-refractivity contribution >= 4 is 17.5 Å². The van der Waals surface area contributed by atoms with Crippen LogP contribution in [0, 0.1) is 0 Å². The van der Waals surface area contributed by atoms with Gasteiger partial charge in [0.05, 0.1) is 6.04 Å². The first-order chi connectivity index (χ1) is 8.30. The monoisotopic (exact) mass is 276 g/mol. The van der Waals surface area contributed by atoms with Crippen molar-refractivity contribution in [1.82, 2.24) is 9.62 Å². The molecule has 2 N–H and O–H groups in total. The molecule has 5 nitrogen and oxygen atoms in total. The molecule has 0 aromatic rings.